The first-order valence-corrected chi connectivity index (χ1v) is 4.34. The van der Waals surface area contributed by atoms with Gasteiger partial charge in [-0.05, 0) is 20.8 Å². The Morgan fingerprint density at radius 2 is 1.56 bits per heavy atom. The Morgan fingerprint density at radius 3 is 1.94 bits per heavy atom. The predicted octanol–water partition coefficient (Wildman–Crippen LogP) is -6.19. The van der Waals surface area contributed by atoms with Crippen molar-refractivity contribution in [1.82, 2.24) is 0 Å². The average molecular weight is 391 g/mol. The summed E-state index contributed by atoms with van der Waals surface area (Å²) in [6.07, 6.45) is -0.691. The van der Waals surface area contributed by atoms with Gasteiger partial charge in [-0.3, -0.25) is 0 Å². The summed E-state index contributed by atoms with van der Waals surface area (Å²) >= 11 is 0. The molecule has 0 saturated heterocycles. The van der Waals surface area contributed by atoms with Crippen LogP contribution in [0, 0.1) is 6.07 Å². The molecular weight excluding hydrogens is 378 g/mol. The summed E-state index contributed by atoms with van der Waals surface area (Å²) in [5.41, 5.74) is -0.530. The van der Waals surface area contributed by atoms with E-state index < -0.39 is 11.8 Å². The van der Waals surface area contributed by atoms with Crippen molar-refractivity contribution in [3.8, 4) is 5.75 Å². The maximum Gasteiger partial charge on any atom is 4.00 e. The zero-order chi connectivity index (χ0) is 10.6. The first kappa shape index (κ1) is 26.7. The van der Waals surface area contributed by atoms with Crippen LogP contribution in [-0.4, -0.2) is 11.8 Å². The van der Waals surface area contributed by atoms with Crippen LogP contribution in [0.15, 0.2) is 24.3 Å². The summed E-state index contributed by atoms with van der Waals surface area (Å²) in [7, 11) is 0. The molecule has 1 aromatic rings. The van der Waals surface area contributed by atoms with E-state index >= 15 is 0 Å². The molecule has 0 radical (unpaired) electrons. The predicted molar refractivity (Wildman–Crippen MR) is 52.1 cm³/mol. The molecule has 0 amide bonds. The fourth-order valence-corrected chi connectivity index (χ4v) is 0.807. The molecular formula is C11H13Cl3O3Zr. The minimum Gasteiger partial charge on any atom is -1.00 e. The van der Waals surface area contributed by atoms with Crippen LogP contribution >= 0.6 is 0 Å². The molecule has 0 spiro atoms. The molecule has 0 aromatic heterocycles. The van der Waals surface area contributed by atoms with Crippen LogP contribution in [0.1, 0.15) is 20.8 Å². The largest absolute Gasteiger partial charge is 4.00 e. The van der Waals surface area contributed by atoms with Crippen molar-refractivity contribution in [2.75, 3.05) is 0 Å². The maximum atomic E-state index is 11.2. The smallest absolute Gasteiger partial charge is 1.00 e. The van der Waals surface area contributed by atoms with Gasteiger partial charge in [0.25, 0.3) is 0 Å². The second-order valence-electron chi connectivity index (χ2n) is 3.80. The van der Waals surface area contributed by atoms with Gasteiger partial charge < -0.3 is 46.7 Å². The van der Waals surface area contributed by atoms with E-state index in [1.807, 2.05) is 0 Å². The molecule has 7 heteroatoms. The molecule has 0 bridgehead atoms. The molecule has 1 aromatic carbocycles. The van der Waals surface area contributed by atoms with Gasteiger partial charge in [0.2, 0.25) is 0 Å². The third kappa shape index (κ3) is 12.7. The fourth-order valence-electron chi connectivity index (χ4n) is 0.807. The first-order valence-electron chi connectivity index (χ1n) is 4.34. The summed E-state index contributed by atoms with van der Waals surface area (Å²) in [5, 5.41) is 0. The molecule has 18 heavy (non-hydrogen) atoms. The Balaban J connectivity index is -0.000000245. The van der Waals surface area contributed by atoms with E-state index in [9.17, 15) is 4.79 Å². The van der Waals surface area contributed by atoms with Crippen LogP contribution in [0.4, 0.5) is 4.79 Å². The minimum absolute atomic E-state index is 0. The van der Waals surface area contributed by atoms with Gasteiger partial charge in [-0.15, -0.1) is 12.1 Å². The molecule has 0 heterocycles. The molecule has 0 atom stereocenters. The topological polar surface area (TPSA) is 35.5 Å². The summed E-state index contributed by atoms with van der Waals surface area (Å²) in [6.45, 7) is 5.35. The molecule has 100 valence electrons. The average Bonchev–Trinajstić information content (AvgIpc) is 2.02. The summed E-state index contributed by atoms with van der Waals surface area (Å²) < 4.78 is 9.88. The Bertz CT molecular complexity index is 315. The van der Waals surface area contributed by atoms with Gasteiger partial charge in [-0.1, -0.05) is 0 Å². The van der Waals surface area contributed by atoms with Crippen molar-refractivity contribution in [2.24, 2.45) is 0 Å². The van der Waals surface area contributed by atoms with Crippen molar-refractivity contribution in [3.63, 3.8) is 0 Å². The SMILES string of the molecule is CC(C)(C)OC(=O)Oc1cc[c-]cc1.[Cl-].[Cl-].[Cl-].[Zr+4]. The Hall–Kier alpha value is 0.243. The van der Waals surface area contributed by atoms with Gasteiger partial charge in [-0.25, -0.2) is 4.79 Å². The van der Waals surface area contributed by atoms with Gasteiger partial charge in [0, 0.05) is 5.75 Å². The van der Waals surface area contributed by atoms with Crippen LogP contribution < -0.4 is 42.0 Å². The van der Waals surface area contributed by atoms with E-state index in [0.717, 1.165) is 0 Å². The molecule has 0 fully saturated rings. The van der Waals surface area contributed by atoms with Crippen LogP contribution in [0.2, 0.25) is 0 Å². The zero-order valence-electron chi connectivity index (χ0n) is 10.2. The van der Waals surface area contributed by atoms with E-state index in [0.29, 0.717) is 5.75 Å². The van der Waals surface area contributed by atoms with E-state index in [4.69, 9.17) is 9.47 Å². The number of halogens is 3. The van der Waals surface area contributed by atoms with Crippen molar-refractivity contribution >= 4 is 6.16 Å². The fraction of sp³-hybridized carbons (Fsp3) is 0.364. The molecule has 0 unspecified atom stereocenters. The Morgan fingerprint density at radius 1 is 1.11 bits per heavy atom. The molecule has 0 aliphatic heterocycles. The summed E-state index contributed by atoms with van der Waals surface area (Å²) in [4.78, 5) is 11.2. The molecule has 0 N–H and O–H groups in total. The van der Waals surface area contributed by atoms with Gasteiger partial charge in [0.05, 0.1) is 0 Å². The van der Waals surface area contributed by atoms with Crippen molar-refractivity contribution in [3.05, 3.63) is 30.3 Å². The quantitative estimate of drug-likeness (QED) is 0.272. The van der Waals surface area contributed by atoms with Crippen LogP contribution in [-0.2, 0) is 30.9 Å². The molecule has 3 nitrogen and oxygen atoms in total. The molecule has 1 rings (SSSR count). The molecule has 0 saturated carbocycles. The van der Waals surface area contributed by atoms with Crippen molar-refractivity contribution in [2.45, 2.75) is 26.4 Å². The van der Waals surface area contributed by atoms with Crippen LogP contribution in [0.5, 0.6) is 5.75 Å². The minimum atomic E-state index is -0.691. The Kier molecular flexibility index (Phi) is 18.2. The van der Waals surface area contributed by atoms with Gasteiger partial charge >= 0.3 is 32.4 Å². The summed E-state index contributed by atoms with van der Waals surface area (Å²) in [6, 6.07) is 9.44. The van der Waals surface area contributed by atoms with Gasteiger partial charge in [0.1, 0.15) is 5.60 Å². The van der Waals surface area contributed by atoms with Crippen molar-refractivity contribution in [1.29, 1.82) is 0 Å². The Labute approximate surface area is 145 Å². The zero-order valence-corrected chi connectivity index (χ0v) is 14.9. The van der Waals surface area contributed by atoms with Gasteiger partial charge in [-0.2, -0.15) is 18.2 Å². The van der Waals surface area contributed by atoms with Crippen LogP contribution in [0.3, 0.4) is 0 Å². The number of benzene rings is 1. The third-order valence-electron chi connectivity index (χ3n) is 1.28. The third-order valence-corrected chi connectivity index (χ3v) is 1.28. The maximum absolute atomic E-state index is 11.2. The van der Waals surface area contributed by atoms with E-state index in [-0.39, 0.29) is 63.4 Å². The molecule has 0 aliphatic rings. The number of carbonyl (C=O) groups excluding carboxylic acids is 1. The number of rotatable bonds is 1. The van der Waals surface area contributed by atoms with E-state index in [1.165, 1.54) is 0 Å². The number of hydrogen-bond acceptors (Lipinski definition) is 3. The van der Waals surface area contributed by atoms with Gasteiger partial charge in [0.15, 0.2) is 0 Å². The summed E-state index contributed by atoms with van der Waals surface area (Å²) in [5.74, 6) is 0.456. The van der Waals surface area contributed by atoms with Crippen molar-refractivity contribution < 1.29 is 77.7 Å². The second kappa shape index (κ2) is 12.3. The van der Waals surface area contributed by atoms with E-state index in [1.54, 1.807) is 45.0 Å². The molecule has 0 aliphatic carbocycles. The van der Waals surface area contributed by atoms with Crippen LogP contribution in [0.25, 0.3) is 0 Å². The number of hydrogen-bond donors (Lipinski definition) is 0. The monoisotopic (exact) mass is 388 g/mol. The number of carbonyl (C=O) groups is 1. The normalized spacial score (nSPS) is 8.39. The number of ether oxygens (including phenoxy) is 2. The standard InChI is InChI=1S/C11H13O3.3ClH.Zr/c1-11(2,3)14-10(12)13-9-7-5-4-6-8-9;;;;/h5-8H,1-3H3;3*1H;/q-1;;;;+4/p-3. The first-order chi connectivity index (χ1) is 6.47. The second-order valence-corrected chi connectivity index (χ2v) is 3.80. The van der Waals surface area contributed by atoms with E-state index in [2.05, 4.69) is 6.07 Å².